The van der Waals surface area contributed by atoms with Gasteiger partial charge in [-0.15, -0.1) is 0 Å². The third-order valence-electron chi connectivity index (χ3n) is 7.57. The summed E-state index contributed by atoms with van der Waals surface area (Å²) in [4.78, 5) is 16.0. The van der Waals surface area contributed by atoms with Crippen LogP contribution in [-0.2, 0) is 19.1 Å². The summed E-state index contributed by atoms with van der Waals surface area (Å²) >= 11 is 6.41. The summed E-state index contributed by atoms with van der Waals surface area (Å²) in [6.07, 6.45) is -1.98. The first-order valence-electron chi connectivity index (χ1n) is 13.3. The fourth-order valence-corrected chi connectivity index (χ4v) is 6.08. The third kappa shape index (κ3) is 5.79. The number of anilines is 1. The number of alkyl halides is 3. The minimum atomic E-state index is -4.83. The van der Waals surface area contributed by atoms with E-state index < -0.39 is 29.4 Å². The second-order valence-corrected chi connectivity index (χ2v) is 11.4. The molecule has 10 heteroatoms. The van der Waals surface area contributed by atoms with Crippen LogP contribution in [0.3, 0.4) is 0 Å². The van der Waals surface area contributed by atoms with Gasteiger partial charge in [-0.3, -0.25) is 9.58 Å². The maximum absolute atomic E-state index is 13.9. The van der Waals surface area contributed by atoms with Crippen molar-refractivity contribution in [1.82, 2.24) is 14.7 Å². The maximum atomic E-state index is 13.9. The number of piperidine rings is 1. The van der Waals surface area contributed by atoms with E-state index in [0.29, 0.717) is 30.3 Å². The number of aromatic carboxylic acids is 1. The Morgan fingerprint density at radius 2 is 1.95 bits per heavy atom. The molecular formula is C29H32ClF3N4O2. The molecule has 0 spiro atoms. The van der Waals surface area contributed by atoms with E-state index in [2.05, 4.69) is 42.0 Å². The first kappa shape index (κ1) is 27.5. The van der Waals surface area contributed by atoms with Gasteiger partial charge in [0.2, 0.25) is 0 Å². The summed E-state index contributed by atoms with van der Waals surface area (Å²) in [7, 11) is 0. The molecule has 1 atom stereocenters. The lowest BCUT2D eigenvalue weighted by molar-refractivity contribution is -0.145. The van der Waals surface area contributed by atoms with Gasteiger partial charge in [-0.2, -0.15) is 18.3 Å². The Hall–Kier alpha value is -3.04. The highest BCUT2D eigenvalue weighted by Gasteiger charge is 2.42. The van der Waals surface area contributed by atoms with Crippen LogP contribution in [0.2, 0.25) is 5.02 Å². The molecule has 0 amide bonds. The van der Waals surface area contributed by atoms with E-state index in [1.807, 2.05) is 23.1 Å². The smallest absolute Gasteiger partial charge is 0.433 e. The SMILES string of the molecule is CC(C)CN1CCc2cc(-c3ccc(Cl)cc3N3CCCC(n4ncc(C(=O)O)c4C(F)(F)F)C3)ccc2C1. The molecule has 3 heterocycles. The molecule has 0 saturated carbocycles. The van der Waals surface area contributed by atoms with Gasteiger partial charge in [0, 0.05) is 49.0 Å². The van der Waals surface area contributed by atoms with Crippen molar-refractivity contribution in [2.24, 2.45) is 5.92 Å². The van der Waals surface area contributed by atoms with Crippen molar-refractivity contribution in [3.8, 4) is 11.1 Å². The van der Waals surface area contributed by atoms with Crippen molar-refractivity contribution >= 4 is 23.3 Å². The van der Waals surface area contributed by atoms with E-state index in [0.717, 1.165) is 53.7 Å². The average Bonchev–Trinajstić information content (AvgIpc) is 3.35. The molecular weight excluding hydrogens is 529 g/mol. The van der Waals surface area contributed by atoms with E-state index in [-0.39, 0.29) is 6.54 Å². The molecule has 39 heavy (non-hydrogen) atoms. The van der Waals surface area contributed by atoms with Crippen LogP contribution in [0.5, 0.6) is 0 Å². The van der Waals surface area contributed by atoms with Crippen molar-refractivity contribution in [3.63, 3.8) is 0 Å². The minimum Gasteiger partial charge on any atom is -0.478 e. The van der Waals surface area contributed by atoms with Gasteiger partial charge in [-0.25, -0.2) is 4.79 Å². The van der Waals surface area contributed by atoms with Crippen molar-refractivity contribution in [2.45, 2.75) is 51.9 Å². The van der Waals surface area contributed by atoms with Crippen molar-refractivity contribution in [2.75, 3.05) is 31.1 Å². The molecule has 1 N–H and O–H groups in total. The lowest BCUT2D eigenvalue weighted by Crippen LogP contribution is -2.38. The van der Waals surface area contributed by atoms with Crippen LogP contribution in [0.15, 0.2) is 42.6 Å². The third-order valence-corrected chi connectivity index (χ3v) is 7.80. The number of fused-ring (bicyclic) bond motifs is 1. The highest BCUT2D eigenvalue weighted by atomic mass is 35.5. The number of carboxylic acids is 1. The number of halogens is 4. The predicted molar refractivity (Wildman–Crippen MR) is 145 cm³/mol. The van der Waals surface area contributed by atoms with Crippen LogP contribution in [0.25, 0.3) is 11.1 Å². The lowest BCUT2D eigenvalue weighted by atomic mass is 9.93. The Labute approximate surface area is 231 Å². The number of nitrogens with zero attached hydrogens (tertiary/aromatic N) is 4. The van der Waals surface area contributed by atoms with Crippen molar-refractivity contribution in [3.05, 3.63) is 70.0 Å². The number of aromatic nitrogens is 2. The number of benzene rings is 2. The van der Waals surface area contributed by atoms with Gasteiger partial charge < -0.3 is 10.0 Å². The molecule has 5 rings (SSSR count). The van der Waals surface area contributed by atoms with Crippen molar-refractivity contribution < 1.29 is 23.1 Å². The van der Waals surface area contributed by atoms with Gasteiger partial charge in [0.15, 0.2) is 5.69 Å². The first-order chi connectivity index (χ1) is 18.5. The van der Waals surface area contributed by atoms with Gasteiger partial charge in [-0.1, -0.05) is 49.7 Å². The first-order valence-corrected chi connectivity index (χ1v) is 13.7. The molecule has 0 radical (unpaired) electrons. The minimum absolute atomic E-state index is 0.256. The molecule has 0 aliphatic carbocycles. The molecule has 208 valence electrons. The van der Waals surface area contributed by atoms with Crippen LogP contribution in [0.4, 0.5) is 18.9 Å². The van der Waals surface area contributed by atoms with E-state index in [1.54, 1.807) is 0 Å². The Bertz CT molecular complexity index is 1370. The summed E-state index contributed by atoms with van der Waals surface area (Å²) in [5.74, 6) is -1.03. The molecule has 1 fully saturated rings. The normalized spacial score (nSPS) is 18.4. The molecule has 6 nitrogen and oxygen atoms in total. The molecule has 2 aliphatic heterocycles. The van der Waals surface area contributed by atoms with E-state index in [4.69, 9.17) is 11.6 Å². The maximum Gasteiger partial charge on any atom is 0.433 e. The number of carboxylic acid groups (broad SMARTS) is 1. The molecule has 3 aromatic rings. The molecule has 1 unspecified atom stereocenters. The Balaban J connectivity index is 1.45. The zero-order valence-corrected chi connectivity index (χ0v) is 22.8. The zero-order valence-electron chi connectivity index (χ0n) is 22.0. The van der Waals surface area contributed by atoms with Crippen molar-refractivity contribution in [1.29, 1.82) is 0 Å². The molecule has 1 saturated heterocycles. The van der Waals surface area contributed by atoms with Gasteiger partial charge in [0.1, 0.15) is 5.56 Å². The van der Waals surface area contributed by atoms with Gasteiger partial charge in [-0.05, 0) is 54.0 Å². The van der Waals surface area contributed by atoms with Crippen LogP contribution in [0, 0.1) is 5.92 Å². The monoisotopic (exact) mass is 560 g/mol. The fourth-order valence-electron chi connectivity index (χ4n) is 5.91. The van der Waals surface area contributed by atoms with Gasteiger partial charge in [0.05, 0.1) is 12.2 Å². The van der Waals surface area contributed by atoms with Gasteiger partial charge >= 0.3 is 12.1 Å². The highest BCUT2D eigenvalue weighted by Crippen LogP contribution is 2.40. The summed E-state index contributed by atoms with van der Waals surface area (Å²) < 4.78 is 42.5. The summed E-state index contributed by atoms with van der Waals surface area (Å²) in [5, 5.41) is 13.7. The van der Waals surface area contributed by atoms with E-state index in [1.165, 1.54) is 11.1 Å². The largest absolute Gasteiger partial charge is 0.478 e. The number of hydrogen-bond acceptors (Lipinski definition) is 4. The number of rotatable bonds is 6. The molecule has 1 aromatic heterocycles. The Kier molecular flexibility index (Phi) is 7.66. The summed E-state index contributed by atoms with van der Waals surface area (Å²) in [5.41, 5.74) is 3.46. The lowest BCUT2D eigenvalue weighted by Gasteiger charge is -2.36. The topological polar surface area (TPSA) is 61.6 Å². The average molecular weight is 561 g/mol. The van der Waals surface area contributed by atoms with Gasteiger partial charge in [0.25, 0.3) is 0 Å². The molecule has 2 aliphatic rings. The summed E-state index contributed by atoms with van der Waals surface area (Å²) in [6.45, 7) is 8.37. The summed E-state index contributed by atoms with van der Waals surface area (Å²) in [6, 6.07) is 11.5. The zero-order chi connectivity index (χ0) is 27.9. The number of hydrogen-bond donors (Lipinski definition) is 1. The van der Waals surface area contributed by atoms with Crippen LogP contribution in [-0.4, -0.2) is 51.9 Å². The fraction of sp³-hybridized carbons (Fsp3) is 0.448. The quantitative estimate of drug-likeness (QED) is 0.360. The standard InChI is InChI=1S/C29H32ClF3N4O2/c1-18(2)15-35-11-9-19-12-20(5-6-21(19)16-35)24-8-7-22(30)13-26(24)36-10-3-4-23(17-36)37-27(29(31,32)33)25(14-34-37)28(38)39/h5-8,12-14,18,23H,3-4,9-11,15-17H2,1-2H3,(H,38,39). The molecule has 0 bridgehead atoms. The van der Waals surface area contributed by atoms with E-state index in [9.17, 15) is 23.1 Å². The second-order valence-electron chi connectivity index (χ2n) is 10.9. The van der Waals surface area contributed by atoms with Crippen LogP contribution in [0.1, 0.15) is 59.9 Å². The predicted octanol–water partition coefficient (Wildman–Crippen LogP) is 6.78. The number of carbonyl (C=O) groups is 1. The van der Waals surface area contributed by atoms with E-state index >= 15 is 0 Å². The Morgan fingerprint density at radius 1 is 1.15 bits per heavy atom. The Morgan fingerprint density at radius 3 is 2.67 bits per heavy atom. The van der Waals surface area contributed by atoms with Crippen LogP contribution < -0.4 is 4.90 Å². The second kappa shape index (κ2) is 10.8. The molecule has 2 aromatic carbocycles. The highest BCUT2D eigenvalue weighted by molar-refractivity contribution is 6.31. The van der Waals surface area contributed by atoms with Crippen LogP contribution >= 0.6 is 11.6 Å².